The number of nitrogens with one attached hydrogen (secondary N) is 2. The maximum absolute atomic E-state index is 12.0. The second kappa shape index (κ2) is 6.94. The summed E-state index contributed by atoms with van der Waals surface area (Å²) in [4.78, 5) is 17.9. The summed E-state index contributed by atoms with van der Waals surface area (Å²) in [5.41, 5.74) is 6.06. The van der Waals surface area contributed by atoms with Gasteiger partial charge >= 0.3 is 6.03 Å². The van der Waals surface area contributed by atoms with E-state index < -0.39 is 0 Å². The molecule has 1 fully saturated rings. The van der Waals surface area contributed by atoms with Crippen LogP contribution in [0.4, 0.5) is 10.6 Å². The fraction of sp³-hybridized carbons (Fsp3) is 0.538. The lowest BCUT2D eigenvalue weighted by Crippen LogP contribution is -2.43. The number of aromatic nitrogens is 1. The molecular formula is C13H20N4O2. The summed E-state index contributed by atoms with van der Waals surface area (Å²) in [6.07, 6.45) is 6.09. The SMILES string of the molecule is O=C(NNc1ncccc1CO)N1CCCCCC1. The number of likely N-dealkylation sites (tertiary alicyclic amines) is 1. The number of urea groups is 1. The third-order valence-corrected chi connectivity index (χ3v) is 3.24. The van der Waals surface area contributed by atoms with Gasteiger partial charge in [-0.05, 0) is 18.9 Å². The van der Waals surface area contributed by atoms with E-state index in [9.17, 15) is 4.79 Å². The van der Waals surface area contributed by atoms with Crippen LogP contribution in [-0.2, 0) is 6.61 Å². The lowest BCUT2D eigenvalue weighted by molar-refractivity contribution is 0.202. The van der Waals surface area contributed by atoms with Crippen molar-refractivity contribution in [3.63, 3.8) is 0 Å². The van der Waals surface area contributed by atoms with Gasteiger partial charge in [-0.2, -0.15) is 0 Å². The van der Waals surface area contributed by atoms with Gasteiger partial charge in [0.2, 0.25) is 0 Å². The second-order valence-corrected chi connectivity index (χ2v) is 4.63. The molecule has 1 aliphatic heterocycles. The number of amides is 2. The van der Waals surface area contributed by atoms with E-state index in [-0.39, 0.29) is 12.6 Å². The summed E-state index contributed by atoms with van der Waals surface area (Å²) in [5.74, 6) is 0.480. The molecule has 0 atom stereocenters. The number of aliphatic hydroxyl groups excluding tert-OH is 1. The lowest BCUT2D eigenvalue weighted by Gasteiger charge is -2.21. The van der Waals surface area contributed by atoms with Crippen molar-refractivity contribution in [3.05, 3.63) is 23.9 Å². The molecule has 2 heterocycles. The molecule has 0 saturated carbocycles. The van der Waals surface area contributed by atoms with Crippen molar-refractivity contribution in [1.82, 2.24) is 15.3 Å². The van der Waals surface area contributed by atoms with E-state index in [4.69, 9.17) is 5.11 Å². The molecule has 2 amide bonds. The van der Waals surface area contributed by atoms with Gasteiger partial charge in [0.05, 0.1) is 6.61 Å². The Morgan fingerprint density at radius 3 is 2.74 bits per heavy atom. The number of carbonyl (C=O) groups excluding carboxylic acids is 1. The number of rotatable bonds is 3. The molecule has 19 heavy (non-hydrogen) atoms. The number of pyridine rings is 1. The molecule has 0 unspecified atom stereocenters. The first-order chi connectivity index (χ1) is 9.31. The monoisotopic (exact) mass is 264 g/mol. The Balaban J connectivity index is 1.88. The summed E-state index contributed by atoms with van der Waals surface area (Å²) in [6.45, 7) is 1.47. The third-order valence-electron chi connectivity index (χ3n) is 3.24. The number of hydrogen-bond acceptors (Lipinski definition) is 4. The molecule has 1 saturated heterocycles. The van der Waals surface area contributed by atoms with Crippen LogP contribution in [0.5, 0.6) is 0 Å². The molecule has 1 aromatic heterocycles. The standard InChI is InChI=1S/C13H20N4O2/c18-10-11-6-5-7-14-12(11)15-16-13(19)17-8-3-1-2-4-9-17/h5-7,18H,1-4,8-10H2,(H,14,15)(H,16,19). The number of hydrogen-bond donors (Lipinski definition) is 3. The average molecular weight is 264 g/mol. The van der Waals surface area contributed by atoms with Crippen molar-refractivity contribution in [1.29, 1.82) is 0 Å². The zero-order chi connectivity index (χ0) is 13.5. The number of hydrazine groups is 1. The molecule has 1 aromatic rings. The zero-order valence-electron chi connectivity index (χ0n) is 10.9. The average Bonchev–Trinajstić information content (AvgIpc) is 2.74. The molecule has 104 valence electrons. The van der Waals surface area contributed by atoms with Crippen LogP contribution in [0.25, 0.3) is 0 Å². The minimum absolute atomic E-state index is 0.115. The van der Waals surface area contributed by atoms with E-state index in [1.807, 2.05) is 4.90 Å². The first-order valence-corrected chi connectivity index (χ1v) is 6.67. The van der Waals surface area contributed by atoms with Gasteiger partial charge < -0.3 is 10.0 Å². The summed E-state index contributed by atoms with van der Waals surface area (Å²) in [6, 6.07) is 3.36. The van der Waals surface area contributed by atoms with Crippen molar-refractivity contribution in [2.45, 2.75) is 32.3 Å². The maximum atomic E-state index is 12.0. The first kappa shape index (κ1) is 13.6. The van der Waals surface area contributed by atoms with Crippen molar-refractivity contribution < 1.29 is 9.90 Å². The Bertz CT molecular complexity index is 417. The Morgan fingerprint density at radius 2 is 2.05 bits per heavy atom. The minimum atomic E-state index is -0.142. The number of nitrogens with zero attached hydrogens (tertiary/aromatic N) is 2. The van der Waals surface area contributed by atoms with E-state index in [1.54, 1.807) is 18.3 Å². The molecule has 0 spiro atoms. The lowest BCUT2D eigenvalue weighted by atomic mass is 10.2. The van der Waals surface area contributed by atoms with Crippen molar-refractivity contribution in [2.24, 2.45) is 0 Å². The molecule has 0 aromatic carbocycles. The van der Waals surface area contributed by atoms with E-state index in [0.717, 1.165) is 25.9 Å². The van der Waals surface area contributed by atoms with Crippen LogP contribution in [0.3, 0.4) is 0 Å². The minimum Gasteiger partial charge on any atom is -0.392 e. The van der Waals surface area contributed by atoms with E-state index in [1.165, 1.54) is 12.8 Å². The number of anilines is 1. The fourth-order valence-corrected chi connectivity index (χ4v) is 2.14. The molecule has 2 rings (SSSR count). The highest BCUT2D eigenvalue weighted by molar-refractivity contribution is 5.75. The Morgan fingerprint density at radius 1 is 1.32 bits per heavy atom. The Labute approximate surface area is 112 Å². The molecule has 6 nitrogen and oxygen atoms in total. The van der Waals surface area contributed by atoms with Crippen LogP contribution in [-0.4, -0.2) is 34.1 Å². The number of aliphatic hydroxyl groups is 1. The first-order valence-electron chi connectivity index (χ1n) is 6.67. The molecule has 6 heteroatoms. The van der Waals surface area contributed by atoms with Gasteiger partial charge in [0.15, 0.2) is 0 Å². The van der Waals surface area contributed by atoms with Crippen LogP contribution in [0.15, 0.2) is 18.3 Å². The van der Waals surface area contributed by atoms with Gasteiger partial charge in [0.1, 0.15) is 5.82 Å². The zero-order valence-corrected chi connectivity index (χ0v) is 10.9. The van der Waals surface area contributed by atoms with Crippen LogP contribution in [0.1, 0.15) is 31.2 Å². The predicted molar refractivity (Wildman–Crippen MR) is 72.4 cm³/mol. The summed E-state index contributed by atoms with van der Waals surface area (Å²) < 4.78 is 0. The van der Waals surface area contributed by atoms with Gasteiger partial charge in [-0.15, -0.1) is 0 Å². The topological polar surface area (TPSA) is 77.5 Å². The number of carbonyl (C=O) groups is 1. The van der Waals surface area contributed by atoms with Crippen molar-refractivity contribution in [2.75, 3.05) is 18.5 Å². The molecule has 0 aliphatic carbocycles. The maximum Gasteiger partial charge on any atom is 0.336 e. The van der Waals surface area contributed by atoms with E-state index in [0.29, 0.717) is 11.4 Å². The van der Waals surface area contributed by atoms with Crippen molar-refractivity contribution >= 4 is 11.8 Å². The van der Waals surface area contributed by atoms with Gasteiger partial charge in [-0.25, -0.2) is 9.78 Å². The van der Waals surface area contributed by atoms with Crippen molar-refractivity contribution in [3.8, 4) is 0 Å². The Kier molecular flexibility index (Phi) is 4.97. The highest BCUT2D eigenvalue weighted by Gasteiger charge is 2.15. The summed E-state index contributed by atoms with van der Waals surface area (Å²) in [5, 5.41) is 9.17. The third kappa shape index (κ3) is 3.82. The summed E-state index contributed by atoms with van der Waals surface area (Å²) >= 11 is 0. The largest absolute Gasteiger partial charge is 0.392 e. The predicted octanol–water partition coefficient (Wildman–Crippen LogP) is 1.49. The van der Waals surface area contributed by atoms with Crippen LogP contribution >= 0.6 is 0 Å². The van der Waals surface area contributed by atoms with E-state index >= 15 is 0 Å². The molecular weight excluding hydrogens is 244 g/mol. The summed E-state index contributed by atoms with van der Waals surface area (Å²) in [7, 11) is 0. The van der Waals surface area contributed by atoms with Crippen LogP contribution in [0.2, 0.25) is 0 Å². The van der Waals surface area contributed by atoms with Crippen LogP contribution < -0.4 is 10.9 Å². The van der Waals surface area contributed by atoms with Gasteiger partial charge in [-0.1, -0.05) is 18.9 Å². The fourth-order valence-electron chi connectivity index (χ4n) is 2.14. The molecule has 1 aliphatic rings. The smallest absolute Gasteiger partial charge is 0.336 e. The Hall–Kier alpha value is -1.82. The quantitative estimate of drug-likeness (QED) is 0.723. The van der Waals surface area contributed by atoms with Gasteiger partial charge in [0.25, 0.3) is 0 Å². The van der Waals surface area contributed by atoms with Gasteiger partial charge in [0, 0.05) is 24.8 Å². The highest BCUT2D eigenvalue weighted by Crippen LogP contribution is 2.11. The highest BCUT2D eigenvalue weighted by atomic mass is 16.3. The molecule has 3 N–H and O–H groups in total. The van der Waals surface area contributed by atoms with E-state index in [2.05, 4.69) is 15.8 Å². The second-order valence-electron chi connectivity index (χ2n) is 4.63. The normalized spacial score (nSPS) is 15.7. The van der Waals surface area contributed by atoms with Crippen LogP contribution in [0, 0.1) is 0 Å². The molecule has 0 bridgehead atoms. The molecule has 0 radical (unpaired) electrons. The van der Waals surface area contributed by atoms with Gasteiger partial charge in [-0.3, -0.25) is 10.9 Å².